The maximum Gasteiger partial charge on any atom is 0.308 e. The van der Waals surface area contributed by atoms with E-state index in [1.54, 1.807) is 0 Å². The van der Waals surface area contributed by atoms with Gasteiger partial charge in [-0.25, -0.2) is 0 Å². The van der Waals surface area contributed by atoms with E-state index < -0.39 is 11.2 Å². The quantitative estimate of drug-likeness (QED) is 0.162. The highest BCUT2D eigenvalue weighted by molar-refractivity contribution is 5.80. The van der Waals surface area contributed by atoms with Crippen LogP contribution in [0.25, 0.3) is 11.1 Å². The summed E-state index contributed by atoms with van der Waals surface area (Å²) in [6.45, 7) is 19.5. The number of ether oxygens (including phenoxy) is 3. The van der Waals surface area contributed by atoms with Crippen molar-refractivity contribution in [3.8, 4) is 22.6 Å². The van der Waals surface area contributed by atoms with E-state index >= 15 is 0 Å². The fourth-order valence-electron chi connectivity index (χ4n) is 7.62. The summed E-state index contributed by atoms with van der Waals surface area (Å²) >= 11 is 0. The smallest absolute Gasteiger partial charge is 0.308 e. The van der Waals surface area contributed by atoms with E-state index in [0.29, 0.717) is 18.6 Å². The summed E-state index contributed by atoms with van der Waals surface area (Å²) in [5.41, 5.74) is 3.10. The molecule has 2 fully saturated rings. The van der Waals surface area contributed by atoms with Gasteiger partial charge in [0.1, 0.15) is 22.7 Å². The van der Waals surface area contributed by atoms with Crippen molar-refractivity contribution in [2.75, 3.05) is 0 Å². The Bertz CT molecular complexity index is 1340. The zero-order valence-corrected chi connectivity index (χ0v) is 26.4. The summed E-state index contributed by atoms with van der Waals surface area (Å²) < 4.78 is 18.7. The third-order valence-electron chi connectivity index (χ3n) is 9.71. The minimum Gasteiger partial charge on any atom is -0.487 e. The van der Waals surface area contributed by atoms with E-state index in [4.69, 9.17) is 14.2 Å². The fraction of sp³-hybridized carbons (Fsp3) is 0.514. The first kappa shape index (κ1) is 31.6. The van der Waals surface area contributed by atoms with Gasteiger partial charge in [-0.05, 0) is 119 Å². The van der Waals surface area contributed by atoms with Crippen molar-refractivity contribution >= 4 is 11.9 Å². The molecule has 0 saturated heterocycles. The molecule has 42 heavy (non-hydrogen) atoms. The Kier molecular flexibility index (Phi) is 9.39. The lowest BCUT2D eigenvalue weighted by Crippen LogP contribution is -2.56. The fourth-order valence-corrected chi connectivity index (χ4v) is 7.62. The van der Waals surface area contributed by atoms with Gasteiger partial charge in [-0.15, -0.1) is 13.2 Å². The van der Waals surface area contributed by atoms with Crippen molar-refractivity contribution in [3.63, 3.8) is 0 Å². The van der Waals surface area contributed by atoms with Crippen LogP contribution in [0.15, 0.2) is 61.7 Å². The van der Waals surface area contributed by atoms with Gasteiger partial charge in [0, 0.05) is 30.9 Å². The molecule has 0 amide bonds. The van der Waals surface area contributed by atoms with Crippen molar-refractivity contribution in [1.82, 2.24) is 0 Å². The molecule has 4 atom stereocenters. The number of carbonyl (C=O) groups excluding carboxylic acids is 2. The number of hydrogen-bond donors (Lipinski definition) is 0. The number of esters is 2. The maximum absolute atomic E-state index is 12.1. The molecule has 0 spiro atoms. The van der Waals surface area contributed by atoms with Gasteiger partial charge < -0.3 is 14.2 Å². The van der Waals surface area contributed by atoms with Crippen molar-refractivity contribution in [1.29, 1.82) is 0 Å². The molecule has 2 aromatic rings. The Morgan fingerprint density at radius 2 is 1.50 bits per heavy atom. The molecule has 0 radical (unpaired) electrons. The van der Waals surface area contributed by atoms with Crippen molar-refractivity contribution in [2.24, 2.45) is 17.3 Å². The first-order valence-electron chi connectivity index (χ1n) is 15.4. The van der Waals surface area contributed by atoms with E-state index in [9.17, 15) is 9.59 Å². The average Bonchev–Trinajstić information content (AvgIpc) is 2.89. The van der Waals surface area contributed by atoms with Gasteiger partial charge in [0.2, 0.25) is 0 Å². The molecule has 2 saturated carbocycles. The topological polar surface area (TPSA) is 61.8 Å². The molecule has 0 aromatic heterocycles. The minimum absolute atomic E-state index is 0.144. The maximum atomic E-state index is 12.1. The molecule has 0 unspecified atom stereocenters. The third kappa shape index (κ3) is 6.82. The number of fused-ring (bicyclic) bond motifs is 1. The Balaban J connectivity index is 1.79. The first-order valence-corrected chi connectivity index (χ1v) is 15.4. The zero-order valence-electron chi connectivity index (χ0n) is 26.4. The minimum atomic E-state index is -0.534. The second-order valence-corrected chi connectivity index (χ2v) is 13.4. The van der Waals surface area contributed by atoms with Gasteiger partial charge in [-0.2, -0.15) is 0 Å². The lowest BCUT2D eigenvalue weighted by atomic mass is 9.52. The van der Waals surface area contributed by atoms with Crippen LogP contribution in [0.3, 0.4) is 0 Å². The molecule has 4 rings (SSSR count). The van der Waals surface area contributed by atoms with Crippen LogP contribution in [0.2, 0.25) is 0 Å². The van der Waals surface area contributed by atoms with Crippen LogP contribution in [-0.4, -0.2) is 23.1 Å². The van der Waals surface area contributed by atoms with Crippen LogP contribution >= 0.6 is 0 Å². The predicted molar refractivity (Wildman–Crippen MR) is 169 cm³/mol. The number of rotatable bonds is 10. The first-order chi connectivity index (χ1) is 19.8. The Morgan fingerprint density at radius 1 is 0.905 bits per heavy atom. The summed E-state index contributed by atoms with van der Waals surface area (Å²) in [6.07, 6.45) is 11.4. The molecular formula is C37H48O5. The number of carbonyl (C=O) groups is 2. The molecule has 0 bridgehead atoms. The van der Waals surface area contributed by atoms with Crippen LogP contribution < -0.4 is 9.47 Å². The van der Waals surface area contributed by atoms with Crippen LogP contribution in [0.1, 0.15) is 91.2 Å². The van der Waals surface area contributed by atoms with Gasteiger partial charge >= 0.3 is 11.9 Å². The summed E-state index contributed by atoms with van der Waals surface area (Å²) in [5.74, 6) is 1.23. The lowest BCUT2D eigenvalue weighted by Gasteiger charge is -2.57. The Morgan fingerprint density at radius 3 is 2.07 bits per heavy atom. The second-order valence-electron chi connectivity index (χ2n) is 13.4. The van der Waals surface area contributed by atoms with Crippen LogP contribution in [0.5, 0.6) is 11.5 Å². The van der Waals surface area contributed by atoms with Crippen molar-refractivity contribution in [3.05, 3.63) is 72.8 Å². The van der Waals surface area contributed by atoms with Crippen molar-refractivity contribution in [2.45, 2.75) is 104 Å². The molecule has 2 aromatic carbocycles. The molecule has 2 aliphatic rings. The molecule has 5 nitrogen and oxygen atoms in total. The molecule has 2 aliphatic carbocycles. The van der Waals surface area contributed by atoms with Gasteiger partial charge in [0.25, 0.3) is 0 Å². The van der Waals surface area contributed by atoms with Gasteiger partial charge in [0.05, 0.1) is 0 Å². The van der Waals surface area contributed by atoms with E-state index in [-0.39, 0.29) is 29.2 Å². The monoisotopic (exact) mass is 572 g/mol. The highest BCUT2D eigenvalue weighted by atomic mass is 16.6. The number of benzene rings is 2. The summed E-state index contributed by atoms with van der Waals surface area (Å²) in [5, 5.41) is 0. The van der Waals surface area contributed by atoms with Crippen LogP contribution in [-0.2, 0) is 27.2 Å². The van der Waals surface area contributed by atoms with Gasteiger partial charge in [-0.3, -0.25) is 9.59 Å². The normalized spacial score (nSPS) is 25.6. The molecule has 5 heteroatoms. The summed E-state index contributed by atoms with van der Waals surface area (Å²) in [4.78, 5) is 24.0. The molecule has 0 aliphatic heterocycles. The molecule has 0 N–H and O–H groups in total. The largest absolute Gasteiger partial charge is 0.487 e. The van der Waals surface area contributed by atoms with Crippen LogP contribution in [0.4, 0.5) is 0 Å². The van der Waals surface area contributed by atoms with E-state index in [2.05, 4.69) is 51.3 Å². The SMILES string of the molecule is C=CCc1ccc(OC(C)=O)c(-c2cc(CC=C)ccc2O[C@]2(C)CCC[C@]3(C)CC[C@@H](C(C)(C)OC(C)=O)C[C@H]32)c1. The van der Waals surface area contributed by atoms with Crippen molar-refractivity contribution < 1.29 is 23.8 Å². The van der Waals surface area contributed by atoms with Gasteiger partial charge in [-0.1, -0.05) is 31.2 Å². The lowest BCUT2D eigenvalue weighted by molar-refractivity contribution is -0.169. The zero-order chi connectivity index (χ0) is 30.7. The number of hydrogen-bond acceptors (Lipinski definition) is 5. The predicted octanol–water partition coefficient (Wildman–Crippen LogP) is 8.82. The standard InChI is InChI=1S/C37H48O5/c1-9-12-27-14-16-32(40-25(3)38)30(22-27)31-23-28(13-10-2)15-17-33(31)42-37(8)20-11-19-36(7)21-18-29(24-34(36)37)35(5,6)41-26(4)39/h9-10,14-17,22-23,29,34H,1-2,11-13,18-21,24H2,3-8H3/t29-,34-,36-,37-/m1/s1. The third-order valence-corrected chi connectivity index (χ3v) is 9.71. The highest BCUT2D eigenvalue weighted by Gasteiger charge is 2.55. The van der Waals surface area contributed by atoms with E-state index in [0.717, 1.165) is 60.1 Å². The molecule has 0 heterocycles. The Hall–Kier alpha value is -3.34. The van der Waals surface area contributed by atoms with E-state index in [1.807, 2.05) is 38.1 Å². The van der Waals surface area contributed by atoms with Crippen LogP contribution in [0, 0.1) is 17.3 Å². The van der Waals surface area contributed by atoms with Gasteiger partial charge in [0.15, 0.2) is 0 Å². The average molecular weight is 573 g/mol. The molecule has 226 valence electrons. The number of allylic oxidation sites excluding steroid dienone is 2. The highest BCUT2D eigenvalue weighted by Crippen LogP contribution is 2.58. The summed E-state index contributed by atoms with van der Waals surface area (Å²) in [6, 6.07) is 12.2. The Labute approximate surface area is 252 Å². The molecular weight excluding hydrogens is 524 g/mol. The van der Waals surface area contributed by atoms with E-state index in [1.165, 1.54) is 20.3 Å². The second kappa shape index (κ2) is 12.5. The summed E-state index contributed by atoms with van der Waals surface area (Å²) in [7, 11) is 0.